The van der Waals surface area contributed by atoms with E-state index in [-0.39, 0.29) is 5.97 Å². The maximum Gasteiger partial charge on any atom is 0.342 e. The molecule has 18 heavy (non-hydrogen) atoms. The summed E-state index contributed by atoms with van der Waals surface area (Å²) in [5, 5.41) is 0.809. The van der Waals surface area contributed by atoms with Gasteiger partial charge in [0.05, 0.1) is 16.6 Å². The van der Waals surface area contributed by atoms with Crippen molar-refractivity contribution >= 4 is 16.9 Å². The zero-order chi connectivity index (χ0) is 12.9. The van der Waals surface area contributed by atoms with Gasteiger partial charge in [-0.1, -0.05) is 18.2 Å². The molecule has 1 aromatic carbocycles. The van der Waals surface area contributed by atoms with E-state index in [1.807, 2.05) is 31.2 Å². The summed E-state index contributed by atoms with van der Waals surface area (Å²) in [5.74, 6) is -1.39. The first kappa shape index (κ1) is 11.2. The van der Waals surface area contributed by atoms with Gasteiger partial charge >= 0.3 is 5.97 Å². The molecule has 1 atom stereocenters. The number of cyclic esters (lactones) is 1. The van der Waals surface area contributed by atoms with Crippen LogP contribution in [0.15, 0.2) is 24.3 Å². The Morgan fingerprint density at radius 1 is 1.33 bits per heavy atom. The number of aryl methyl sites for hydroxylation is 1. The summed E-state index contributed by atoms with van der Waals surface area (Å²) < 4.78 is 10.7. The number of nitrogens with zero attached hydrogens (tertiary/aromatic N) is 1. The molecule has 0 saturated heterocycles. The first-order chi connectivity index (χ1) is 8.57. The molecule has 0 bridgehead atoms. The highest BCUT2D eigenvalue weighted by Gasteiger charge is 2.45. The molecule has 0 saturated carbocycles. The van der Waals surface area contributed by atoms with Crippen molar-refractivity contribution in [3.8, 4) is 0 Å². The number of carbonyl (C=O) groups is 1. The normalized spacial score (nSPS) is 22.1. The van der Waals surface area contributed by atoms with Gasteiger partial charge in [-0.05, 0) is 13.0 Å². The molecule has 0 fully saturated rings. The van der Waals surface area contributed by atoms with Crippen LogP contribution >= 0.6 is 0 Å². The van der Waals surface area contributed by atoms with E-state index in [0.717, 1.165) is 22.2 Å². The van der Waals surface area contributed by atoms with E-state index >= 15 is 0 Å². The van der Waals surface area contributed by atoms with E-state index in [4.69, 9.17) is 9.47 Å². The molecular formula is C14H13NO3. The van der Waals surface area contributed by atoms with E-state index in [0.29, 0.717) is 5.56 Å². The number of hydrogen-bond donors (Lipinski definition) is 0. The number of aromatic nitrogens is 1. The number of carbonyl (C=O) groups excluding carboxylic acids is 1. The van der Waals surface area contributed by atoms with Gasteiger partial charge in [0.15, 0.2) is 0 Å². The average molecular weight is 243 g/mol. The molecule has 0 N–H and O–H groups in total. The SMILES string of the molecule is COC1(C)OC(=O)c2c1c(C)nc1ccccc21. The highest BCUT2D eigenvalue weighted by atomic mass is 16.7. The van der Waals surface area contributed by atoms with Gasteiger partial charge in [-0.2, -0.15) is 0 Å². The van der Waals surface area contributed by atoms with E-state index in [9.17, 15) is 4.79 Å². The lowest BCUT2D eigenvalue weighted by Gasteiger charge is -2.22. The molecule has 2 heterocycles. The molecule has 92 valence electrons. The molecule has 0 amide bonds. The number of fused-ring (bicyclic) bond motifs is 3. The lowest BCUT2D eigenvalue weighted by molar-refractivity contribution is -0.172. The van der Waals surface area contributed by atoms with Gasteiger partial charge in [-0.25, -0.2) is 4.79 Å². The highest BCUT2D eigenvalue weighted by molar-refractivity contribution is 6.07. The first-order valence-electron chi connectivity index (χ1n) is 5.75. The van der Waals surface area contributed by atoms with Crippen molar-refractivity contribution < 1.29 is 14.3 Å². The van der Waals surface area contributed by atoms with Gasteiger partial charge in [0.25, 0.3) is 0 Å². The summed E-state index contributed by atoms with van der Waals surface area (Å²) in [6, 6.07) is 7.55. The van der Waals surface area contributed by atoms with Gasteiger partial charge in [-0.3, -0.25) is 4.98 Å². The molecule has 1 unspecified atom stereocenters. The quantitative estimate of drug-likeness (QED) is 0.722. The number of para-hydroxylation sites is 1. The van der Waals surface area contributed by atoms with Crippen molar-refractivity contribution in [2.45, 2.75) is 19.6 Å². The molecule has 1 aliphatic rings. The topological polar surface area (TPSA) is 48.4 Å². The fraction of sp³-hybridized carbons (Fsp3) is 0.286. The van der Waals surface area contributed by atoms with Crippen molar-refractivity contribution in [2.24, 2.45) is 0 Å². The van der Waals surface area contributed by atoms with Crippen LogP contribution in [0.5, 0.6) is 0 Å². The van der Waals surface area contributed by atoms with E-state index in [1.165, 1.54) is 7.11 Å². The van der Waals surface area contributed by atoms with Crippen LogP contribution in [0.3, 0.4) is 0 Å². The fourth-order valence-corrected chi connectivity index (χ4v) is 2.53. The molecule has 0 spiro atoms. The second-order valence-corrected chi connectivity index (χ2v) is 4.50. The van der Waals surface area contributed by atoms with Crippen molar-refractivity contribution in [1.82, 2.24) is 4.98 Å². The average Bonchev–Trinajstić information content (AvgIpc) is 2.63. The summed E-state index contributed by atoms with van der Waals surface area (Å²) in [6.45, 7) is 3.60. The monoisotopic (exact) mass is 243 g/mol. The van der Waals surface area contributed by atoms with Crippen molar-refractivity contribution in [3.05, 3.63) is 41.1 Å². The Bertz CT molecular complexity index is 665. The van der Waals surface area contributed by atoms with Gasteiger partial charge in [0, 0.05) is 25.1 Å². The van der Waals surface area contributed by atoms with Crippen LogP contribution in [0.1, 0.15) is 28.5 Å². The Balaban J connectivity index is 2.46. The standard InChI is InChI=1S/C14H13NO3/c1-8-12-11(13(16)18-14(12,2)17-3)9-6-4-5-7-10(9)15-8/h4-7H,1-3H3. The molecule has 1 aromatic heterocycles. The smallest absolute Gasteiger partial charge is 0.342 e. The third kappa shape index (κ3) is 1.29. The molecular weight excluding hydrogens is 230 g/mol. The summed E-state index contributed by atoms with van der Waals surface area (Å²) in [5.41, 5.74) is 2.86. The van der Waals surface area contributed by atoms with Gasteiger partial charge in [0.1, 0.15) is 0 Å². The molecule has 4 heteroatoms. The number of methoxy groups -OCH3 is 1. The predicted molar refractivity (Wildman–Crippen MR) is 66.3 cm³/mol. The maximum absolute atomic E-state index is 12.1. The number of rotatable bonds is 1. The maximum atomic E-state index is 12.1. The van der Waals surface area contributed by atoms with Gasteiger partial charge in [-0.15, -0.1) is 0 Å². The van der Waals surface area contributed by atoms with Crippen molar-refractivity contribution in [1.29, 1.82) is 0 Å². The summed E-state index contributed by atoms with van der Waals surface area (Å²) >= 11 is 0. The lowest BCUT2D eigenvalue weighted by Crippen LogP contribution is -2.25. The minimum atomic E-state index is -1.03. The van der Waals surface area contributed by atoms with Crippen LogP contribution in [0, 0.1) is 6.92 Å². The number of esters is 1. The van der Waals surface area contributed by atoms with Gasteiger partial charge < -0.3 is 9.47 Å². The zero-order valence-electron chi connectivity index (χ0n) is 10.5. The van der Waals surface area contributed by atoms with Gasteiger partial charge in [0.2, 0.25) is 5.79 Å². The third-order valence-electron chi connectivity index (χ3n) is 3.41. The first-order valence-corrected chi connectivity index (χ1v) is 5.75. The van der Waals surface area contributed by atoms with Crippen LogP contribution in [0.25, 0.3) is 10.9 Å². The molecule has 0 radical (unpaired) electrons. The van der Waals surface area contributed by atoms with Crippen molar-refractivity contribution in [2.75, 3.05) is 7.11 Å². The Kier molecular flexibility index (Phi) is 2.19. The summed E-state index contributed by atoms with van der Waals surface area (Å²) in [4.78, 5) is 16.6. The minimum absolute atomic E-state index is 0.351. The van der Waals surface area contributed by atoms with E-state index in [1.54, 1.807) is 6.92 Å². The van der Waals surface area contributed by atoms with Crippen LogP contribution in [-0.2, 0) is 15.3 Å². The Labute approximate surface area is 105 Å². The Hall–Kier alpha value is -1.94. The second kappa shape index (κ2) is 3.53. The third-order valence-corrected chi connectivity index (χ3v) is 3.41. The van der Waals surface area contributed by atoms with Crippen molar-refractivity contribution in [3.63, 3.8) is 0 Å². The number of hydrogen-bond acceptors (Lipinski definition) is 4. The Morgan fingerprint density at radius 2 is 2.06 bits per heavy atom. The van der Waals surface area contributed by atoms with Crippen LogP contribution in [0.4, 0.5) is 0 Å². The highest BCUT2D eigenvalue weighted by Crippen LogP contribution is 2.41. The number of benzene rings is 1. The molecule has 2 aromatic rings. The summed E-state index contributed by atoms with van der Waals surface area (Å²) in [6.07, 6.45) is 0. The lowest BCUT2D eigenvalue weighted by atomic mass is 9.98. The summed E-state index contributed by atoms with van der Waals surface area (Å²) in [7, 11) is 1.52. The van der Waals surface area contributed by atoms with Crippen LogP contribution in [-0.4, -0.2) is 18.1 Å². The minimum Gasteiger partial charge on any atom is -0.425 e. The largest absolute Gasteiger partial charge is 0.425 e. The van der Waals surface area contributed by atoms with Crippen LogP contribution in [0.2, 0.25) is 0 Å². The molecule has 4 nitrogen and oxygen atoms in total. The Morgan fingerprint density at radius 3 is 2.78 bits per heavy atom. The molecule has 1 aliphatic heterocycles. The van der Waals surface area contributed by atoms with Crippen LogP contribution < -0.4 is 0 Å². The molecule has 0 aliphatic carbocycles. The zero-order valence-corrected chi connectivity index (χ0v) is 10.5. The molecule has 3 rings (SSSR count). The predicted octanol–water partition coefficient (Wildman–Crippen LogP) is 2.53. The van der Waals surface area contributed by atoms with E-state index in [2.05, 4.69) is 4.98 Å². The van der Waals surface area contributed by atoms with E-state index < -0.39 is 5.79 Å². The number of ether oxygens (including phenoxy) is 2. The second-order valence-electron chi connectivity index (χ2n) is 4.50. The number of pyridine rings is 1. The fourth-order valence-electron chi connectivity index (χ4n) is 2.53.